The van der Waals surface area contributed by atoms with E-state index in [2.05, 4.69) is 45.4 Å². The van der Waals surface area contributed by atoms with E-state index in [0.717, 1.165) is 31.0 Å². The molecule has 2 heterocycles. The average Bonchev–Trinajstić information content (AvgIpc) is 3.23. The summed E-state index contributed by atoms with van der Waals surface area (Å²) in [6.45, 7) is 5.69. The van der Waals surface area contributed by atoms with Crippen molar-refractivity contribution >= 4 is 5.96 Å². The van der Waals surface area contributed by atoms with E-state index >= 15 is 0 Å². The molecule has 2 aromatic rings. The Balaban J connectivity index is 1.67. The molecule has 128 valence electrons. The molecule has 1 aliphatic heterocycles. The maximum Gasteiger partial charge on any atom is 0.194 e. The van der Waals surface area contributed by atoms with Gasteiger partial charge in [0.1, 0.15) is 12.7 Å². The number of aliphatic hydroxyl groups is 1. The lowest BCUT2D eigenvalue weighted by atomic mass is 10.1. The lowest BCUT2D eigenvalue weighted by molar-refractivity contribution is 0.188. The highest BCUT2D eigenvalue weighted by Crippen LogP contribution is 2.11. The molecule has 0 aliphatic carbocycles. The molecule has 0 bridgehead atoms. The van der Waals surface area contributed by atoms with Crippen LogP contribution in [0.1, 0.15) is 24.5 Å². The van der Waals surface area contributed by atoms with Crippen molar-refractivity contribution in [2.75, 3.05) is 19.6 Å². The standard InChI is InChI=1S/C17H24N6O/c1-2-19-17(22-7-6-16(24)11-22)20-9-14-4-3-5-15(8-14)10-23-13-18-12-21-23/h3-5,8,12-13,16,24H,2,6-7,9-11H2,1H3,(H,19,20)/t16-/m1/s1. The molecule has 24 heavy (non-hydrogen) atoms. The largest absolute Gasteiger partial charge is 0.391 e. The highest BCUT2D eigenvalue weighted by Gasteiger charge is 2.22. The van der Waals surface area contributed by atoms with E-state index in [9.17, 15) is 5.11 Å². The first-order chi connectivity index (χ1) is 11.7. The number of hydrogen-bond acceptors (Lipinski definition) is 4. The van der Waals surface area contributed by atoms with Crippen molar-refractivity contribution in [3.05, 3.63) is 48.0 Å². The third-order valence-electron chi connectivity index (χ3n) is 4.01. The number of likely N-dealkylation sites (tertiary alicyclic amines) is 1. The van der Waals surface area contributed by atoms with Crippen LogP contribution >= 0.6 is 0 Å². The second kappa shape index (κ2) is 7.92. The van der Waals surface area contributed by atoms with E-state index in [0.29, 0.717) is 19.6 Å². The first-order valence-electron chi connectivity index (χ1n) is 8.36. The maximum atomic E-state index is 9.72. The van der Waals surface area contributed by atoms with Crippen molar-refractivity contribution < 1.29 is 5.11 Å². The van der Waals surface area contributed by atoms with Gasteiger partial charge in [-0.3, -0.25) is 0 Å². The first kappa shape index (κ1) is 16.4. The van der Waals surface area contributed by atoms with Crippen molar-refractivity contribution in [1.82, 2.24) is 25.0 Å². The molecule has 7 heteroatoms. The number of hydrogen-bond donors (Lipinski definition) is 2. The Morgan fingerprint density at radius 2 is 2.29 bits per heavy atom. The Hall–Kier alpha value is -2.41. The number of benzene rings is 1. The molecular formula is C17H24N6O. The summed E-state index contributed by atoms with van der Waals surface area (Å²) in [6.07, 6.45) is 3.81. The third kappa shape index (κ3) is 4.32. The van der Waals surface area contributed by atoms with Crippen molar-refractivity contribution in [3.8, 4) is 0 Å². The molecule has 1 saturated heterocycles. The van der Waals surface area contributed by atoms with Gasteiger partial charge in [-0.1, -0.05) is 24.3 Å². The summed E-state index contributed by atoms with van der Waals surface area (Å²) in [5.74, 6) is 0.871. The van der Waals surface area contributed by atoms with Gasteiger partial charge in [-0.2, -0.15) is 5.10 Å². The highest BCUT2D eigenvalue weighted by molar-refractivity contribution is 5.80. The van der Waals surface area contributed by atoms with Crippen LogP contribution in [-0.2, 0) is 13.1 Å². The summed E-state index contributed by atoms with van der Waals surface area (Å²) < 4.78 is 1.80. The minimum absolute atomic E-state index is 0.250. The molecule has 0 radical (unpaired) electrons. The summed E-state index contributed by atoms with van der Waals surface area (Å²) >= 11 is 0. The predicted octanol–water partition coefficient (Wildman–Crippen LogP) is 0.858. The number of aliphatic hydroxyl groups excluding tert-OH is 1. The van der Waals surface area contributed by atoms with Gasteiger partial charge in [-0.05, 0) is 24.5 Å². The number of guanidine groups is 1. The molecule has 7 nitrogen and oxygen atoms in total. The van der Waals surface area contributed by atoms with Crippen LogP contribution in [-0.4, -0.2) is 56.5 Å². The first-order valence-corrected chi connectivity index (χ1v) is 8.36. The molecule has 1 aromatic carbocycles. The molecule has 1 aromatic heterocycles. The summed E-state index contributed by atoms with van der Waals surface area (Å²) in [4.78, 5) is 10.8. The number of nitrogens with zero attached hydrogens (tertiary/aromatic N) is 5. The van der Waals surface area contributed by atoms with Crippen LogP contribution in [0, 0.1) is 0 Å². The van der Waals surface area contributed by atoms with Gasteiger partial charge in [0.15, 0.2) is 5.96 Å². The molecule has 0 unspecified atom stereocenters. The number of aliphatic imine (C=N–C) groups is 1. The fourth-order valence-corrected chi connectivity index (χ4v) is 2.85. The third-order valence-corrected chi connectivity index (χ3v) is 4.01. The van der Waals surface area contributed by atoms with E-state index < -0.39 is 0 Å². The average molecular weight is 328 g/mol. The second-order valence-electron chi connectivity index (χ2n) is 5.97. The second-order valence-corrected chi connectivity index (χ2v) is 5.97. The highest BCUT2D eigenvalue weighted by atomic mass is 16.3. The van der Waals surface area contributed by atoms with Crippen LogP contribution in [0.4, 0.5) is 0 Å². The lowest BCUT2D eigenvalue weighted by Crippen LogP contribution is -2.40. The van der Waals surface area contributed by atoms with Crippen molar-refractivity contribution in [3.63, 3.8) is 0 Å². The van der Waals surface area contributed by atoms with Crippen LogP contribution in [0.15, 0.2) is 41.9 Å². The quantitative estimate of drug-likeness (QED) is 0.629. The summed E-state index contributed by atoms with van der Waals surface area (Å²) in [6, 6.07) is 8.35. The van der Waals surface area contributed by atoms with Gasteiger partial charge in [0, 0.05) is 19.6 Å². The summed E-state index contributed by atoms with van der Waals surface area (Å²) in [5, 5.41) is 17.2. The van der Waals surface area contributed by atoms with Gasteiger partial charge in [0.2, 0.25) is 0 Å². The predicted molar refractivity (Wildman–Crippen MR) is 92.6 cm³/mol. The fourth-order valence-electron chi connectivity index (χ4n) is 2.85. The monoisotopic (exact) mass is 328 g/mol. The topological polar surface area (TPSA) is 78.6 Å². The van der Waals surface area contributed by atoms with Crippen LogP contribution in [0.5, 0.6) is 0 Å². The van der Waals surface area contributed by atoms with Gasteiger partial charge in [-0.15, -0.1) is 0 Å². The van der Waals surface area contributed by atoms with Crippen LogP contribution in [0.2, 0.25) is 0 Å². The van der Waals surface area contributed by atoms with Crippen LogP contribution in [0.25, 0.3) is 0 Å². The molecule has 1 atom stereocenters. The summed E-state index contributed by atoms with van der Waals surface area (Å²) in [7, 11) is 0. The van der Waals surface area contributed by atoms with E-state index in [4.69, 9.17) is 4.99 Å². The van der Waals surface area contributed by atoms with Gasteiger partial charge in [0.05, 0.1) is 19.2 Å². The molecule has 0 amide bonds. The van der Waals surface area contributed by atoms with E-state index in [1.54, 1.807) is 17.3 Å². The van der Waals surface area contributed by atoms with Gasteiger partial charge in [-0.25, -0.2) is 14.7 Å². The molecule has 2 N–H and O–H groups in total. The SMILES string of the molecule is CCNC(=NCc1cccc(Cn2cncn2)c1)N1CC[C@@H](O)C1. The number of nitrogens with one attached hydrogen (secondary N) is 1. The van der Waals surface area contributed by atoms with Crippen molar-refractivity contribution in [2.24, 2.45) is 4.99 Å². The zero-order valence-corrected chi connectivity index (χ0v) is 14.0. The number of rotatable bonds is 5. The van der Waals surface area contributed by atoms with E-state index in [1.807, 2.05) is 6.07 Å². The Labute approximate surface area is 142 Å². The minimum atomic E-state index is -0.250. The Morgan fingerprint density at radius 1 is 1.42 bits per heavy atom. The molecule has 1 aliphatic rings. The minimum Gasteiger partial charge on any atom is -0.391 e. The van der Waals surface area contributed by atoms with Crippen molar-refractivity contribution in [1.29, 1.82) is 0 Å². The Morgan fingerprint density at radius 3 is 3.00 bits per heavy atom. The van der Waals surface area contributed by atoms with Gasteiger partial charge in [0.25, 0.3) is 0 Å². The zero-order valence-electron chi connectivity index (χ0n) is 14.0. The normalized spacial score (nSPS) is 18.2. The van der Waals surface area contributed by atoms with Crippen LogP contribution < -0.4 is 5.32 Å². The van der Waals surface area contributed by atoms with Gasteiger partial charge >= 0.3 is 0 Å². The summed E-state index contributed by atoms with van der Waals surface area (Å²) in [5.41, 5.74) is 2.33. The fraction of sp³-hybridized carbons (Fsp3) is 0.471. The molecule has 0 saturated carbocycles. The Kier molecular flexibility index (Phi) is 5.43. The van der Waals surface area contributed by atoms with E-state index in [-0.39, 0.29) is 6.10 Å². The lowest BCUT2D eigenvalue weighted by Gasteiger charge is -2.21. The smallest absolute Gasteiger partial charge is 0.194 e. The number of β-amino-alcohol motifs (C(OH)–C–C–N with tert-alkyl or cyclic N) is 1. The molecule has 1 fully saturated rings. The molecule has 3 rings (SSSR count). The van der Waals surface area contributed by atoms with E-state index in [1.165, 1.54) is 5.56 Å². The van der Waals surface area contributed by atoms with Gasteiger partial charge < -0.3 is 15.3 Å². The zero-order chi connectivity index (χ0) is 16.8. The molecule has 0 spiro atoms. The van der Waals surface area contributed by atoms with Crippen molar-refractivity contribution in [2.45, 2.75) is 32.5 Å². The maximum absolute atomic E-state index is 9.72. The molecular weight excluding hydrogens is 304 g/mol. The number of aromatic nitrogens is 3. The Bertz CT molecular complexity index is 669. The van der Waals surface area contributed by atoms with Crippen LogP contribution in [0.3, 0.4) is 0 Å².